The predicted molar refractivity (Wildman–Crippen MR) is 75.5 cm³/mol. The number of H-pyrrole nitrogens is 1. The minimum absolute atomic E-state index is 0.266. The lowest BCUT2D eigenvalue weighted by atomic mass is 10.0. The average molecular weight is 291 g/mol. The summed E-state index contributed by atoms with van der Waals surface area (Å²) in [4.78, 5) is 0. The van der Waals surface area contributed by atoms with E-state index in [0.29, 0.717) is 22.1 Å². The lowest BCUT2D eigenvalue weighted by Gasteiger charge is -2.08. The van der Waals surface area contributed by atoms with Gasteiger partial charge in [0.15, 0.2) is 11.6 Å². The van der Waals surface area contributed by atoms with Crippen molar-refractivity contribution in [2.24, 2.45) is 0 Å². The summed E-state index contributed by atoms with van der Waals surface area (Å²) in [6, 6.07) is 5.27. The Balaban J connectivity index is 2.25. The largest absolute Gasteiger partial charge is 0.496 e. The number of nitrogens with zero attached hydrogens (tertiary/aromatic N) is 2. The van der Waals surface area contributed by atoms with Crippen molar-refractivity contribution in [2.75, 3.05) is 12.8 Å². The molecule has 0 saturated heterocycles. The molecule has 2 heterocycles. The number of methoxy groups -OCH3 is 1. The molecule has 102 valence electrons. The molecule has 6 nitrogen and oxygen atoms in total. The Morgan fingerprint density at radius 2 is 2.25 bits per heavy atom. The molecule has 0 bridgehead atoms. The van der Waals surface area contributed by atoms with Gasteiger partial charge in [-0.15, -0.1) is 0 Å². The SMILES string of the molecule is COc1ccc(Cl)cc1-c1c(N)noc1-c1cn[nH]c1. The van der Waals surface area contributed by atoms with Crippen LogP contribution in [0.3, 0.4) is 0 Å². The van der Waals surface area contributed by atoms with Gasteiger partial charge in [0.25, 0.3) is 0 Å². The fraction of sp³-hybridized carbons (Fsp3) is 0.0769. The Labute approximate surface area is 119 Å². The van der Waals surface area contributed by atoms with E-state index in [1.165, 1.54) is 0 Å². The molecule has 3 aromatic rings. The Kier molecular flexibility index (Phi) is 3.08. The number of nitrogens with two attached hydrogens (primary N) is 1. The number of nitrogen functional groups attached to an aromatic ring is 1. The van der Waals surface area contributed by atoms with Crippen LogP contribution in [0, 0.1) is 0 Å². The molecule has 0 saturated carbocycles. The highest BCUT2D eigenvalue weighted by Crippen LogP contribution is 2.41. The quantitative estimate of drug-likeness (QED) is 0.774. The standard InChI is InChI=1S/C13H11ClN4O2/c1-19-10-3-2-8(14)4-9(10)11-12(20-18-13(11)15)7-5-16-17-6-7/h2-6H,1H3,(H2,15,18)(H,16,17). The normalized spacial score (nSPS) is 10.7. The van der Waals surface area contributed by atoms with Gasteiger partial charge in [-0.1, -0.05) is 16.8 Å². The molecular weight excluding hydrogens is 280 g/mol. The molecule has 3 N–H and O–H groups in total. The molecule has 0 aliphatic carbocycles. The summed E-state index contributed by atoms with van der Waals surface area (Å²) in [5.41, 5.74) is 8.01. The van der Waals surface area contributed by atoms with Crippen molar-refractivity contribution in [1.82, 2.24) is 15.4 Å². The highest BCUT2D eigenvalue weighted by molar-refractivity contribution is 6.31. The highest BCUT2D eigenvalue weighted by atomic mass is 35.5. The van der Waals surface area contributed by atoms with Gasteiger partial charge in [0, 0.05) is 16.8 Å². The molecule has 0 radical (unpaired) electrons. The van der Waals surface area contributed by atoms with Gasteiger partial charge in [-0.3, -0.25) is 5.10 Å². The minimum Gasteiger partial charge on any atom is -0.496 e. The number of rotatable bonds is 3. The first kappa shape index (κ1) is 12.6. The van der Waals surface area contributed by atoms with E-state index in [4.69, 9.17) is 26.6 Å². The summed E-state index contributed by atoms with van der Waals surface area (Å²) in [7, 11) is 1.58. The molecule has 0 atom stereocenters. The molecule has 7 heteroatoms. The molecule has 0 unspecified atom stereocenters. The molecule has 0 aliphatic rings. The molecule has 2 aromatic heterocycles. The van der Waals surface area contributed by atoms with Crippen LogP contribution in [0.15, 0.2) is 35.1 Å². The third-order valence-electron chi connectivity index (χ3n) is 2.91. The fourth-order valence-corrected chi connectivity index (χ4v) is 2.18. The number of hydrogen-bond acceptors (Lipinski definition) is 5. The van der Waals surface area contributed by atoms with Gasteiger partial charge in [0.05, 0.1) is 24.4 Å². The molecule has 20 heavy (non-hydrogen) atoms. The molecular formula is C13H11ClN4O2. The summed E-state index contributed by atoms with van der Waals surface area (Å²) in [5, 5.41) is 11.0. The van der Waals surface area contributed by atoms with Crippen LogP contribution in [0.2, 0.25) is 5.02 Å². The van der Waals surface area contributed by atoms with Gasteiger partial charge in [-0.25, -0.2) is 0 Å². The van der Waals surface area contributed by atoms with Crippen LogP contribution in [0.5, 0.6) is 5.75 Å². The molecule has 1 aromatic carbocycles. The van der Waals surface area contributed by atoms with Crippen molar-refractivity contribution < 1.29 is 9.26 Å². The second-order valence-corrected chi connectivity index (χ2v) is 4.54. The summed E-state index contributed by atoms with van der Waals surface area (Å²) in [5.74, 6) is 1.41. The molecule has 0 aliphatic heterocycles. The van der Waals surface area contributed by atoms with Crippen molar-refractivity contribution in [1.29, 1.82) is 0 Å². The number of aromatic amines is 1. The zero-order chi connectivity index (χ0) is 14.1. The second-order valence-electron chi connectivity index (χ2n) is 4.10. The van der Waals surface area contributed by atoms with Crippen molar-refractivity contribution in [3.8, 4) is 28.2 Å². The van der Waals surface area contributed by atoms with E-state index in [0.717, 1.165) is 11.1 Å². The summed E-state index contributed by atoms with van der Waals surface area (Å²) >= 11 is 6.05. The lowest BCUT2D eigenvalue weighted by Crippen LogP contribution is -1.92. The van der Waals surface area contributed by atoms with Crippen LogP contribution in [0.25, 0.3) is 22.5 Å². The average Bonchev–Trinajstić information content (AvgIpc) is 3.07. The van der Waals surface area contributed by atoms with E-state index < -0.39 is 0 Å². The van der Waals surface area contributed by atoms with Crippen LogP contribution in [-0.4, -0.2) is 22.5 Å². The topological polar surface area (TPSA) is 90.0 Å². The van der Waals surface area contributed by atoms with E-state index >= 15 is 0 Å². The Bertz CT molecular complexity index is 737. The van der Waals surface area contributed by atoms with Crippen LogP contribution < -0.4 is 10.5 Å². The molecule has 0 spiro atoms. The van der Waals surface area contributed by atoms with Gasteiger partial charge in [0.1, 0.15) is 5.75 Å². The van der Waals surface area contributed by atoms with E-state index in [9.17, 15) is 0 Å². The monoisotopic (exact) mass is 290 g/mol. The third-order valence-corrected chi connectivity index (χ3v) is 3.14. The first-order chi connectivity index (χ1) is 9.70. The highest BCUT2D eigenvalue weighted by Gasteiger charge is 2.21. The van der Waals surface area contributed by atoms with E-state index in [1.54, 1.807) is 37.7 Å². The van der Waals surface area contributed by atoms with E-state index in [1.807, 2.05) is 0 Å². The number of ether oxygens (including phenoxy) is 1. The van der Waals surface area contributed by atoms with Crippen molar-refractivity contribution in [3.63, 3.8) is 0 Å². The predicted octanol–water partition coefficient (Wildman–Crippen LogP) is 2.98. The number of halogens is 1. The minimum atomic E-state index is 0.266. The van der Waals surface area contributed by atoms with E-state index in [-0.39, 0.29) is 5.82 Å². The lowest BCUT2D eigenvalue weighted by molar-refractivity contribution is 0.416. The Morgan fingerprint density at radius 3 is 2.95 bits per heavy atom. The van der Waals surface area contributed by atoms with Gasteiger partial charge >= 0.3 is 0 Å². The maximum Gasteiger partial charge on any atom is 0.180 e. The third kappa shape index (κ3) is 2.00. The van der Waals surface area contributed by atoms with Gasteiger partial charge < -0.3 is 15.0 Å². The number of nitrogens with one attached hydrogen (secondary N) is 1. The summed E-state index contributed by atoms with van der Waals surface area (Å²) in [6.07, 6.45) is 3.32. The number of anilines is 1. The maximum absolute atomic E-state index is 6.05. The zero-order valence-corrected chi connectivity index (χ0v) is 11.3. The fourth-order valence-electron chi connectivity index (χ4n) is 2.01. The Morgan fingerprint density at radius 1 is 1.40 bits per heavy atom. The first-order valence-electron chi connectivity index (χ1n) is 5.79. The molecule has 0 fully saturated rings. The summed E-state index contributed by atoms with van der Waals surface area (Å²) < 4.78 is 10.6. The van der Waals surface area contributed by atoms with Crippen molar-refractivity contribution in [2.45, 2.75) is 0 Å². The van der Waals surface area contributed by atoms with Crippen LogP contribution in [0.4, 0.5) is 5.82 Å². The summed E-state index contributed by atoms with van der Waals surface area (Å²) in [6.45, 7) is 0. The first-order valence-corrected chi connectivity index (χ1v) is 6.16. The van der Waals surface area contributed by atoms with Crippen molar-refractivity contribution in [3.05, 3.63) is 35.6 Å². The van der Waals surface area contributed by atoms with Crippen LogP contribution in [-0.2, 0) is 0 Å². The number of hydrogen-bond donors (Lipinski definition) is 2. The van der Waals surface area contributed by atoms with Gasteiger partial charge in [-0.2, -0.15) is 5.10 Å². The zero-order valence-electron chi connectivity index (χ0n) is 10.6. The van der Waals surface area contributed by atoms with Crippen molar-refractivity contribution >= 4 is 17.4 Å². The van der Waals surface area contributed by atoms with Crippen LogP contribution >= 0.6 is 11.6 Å². The van der Waals surface area contributed by atoms with Gasteiger partial charge in [-0.05, 0) is 18.2 Å². The second kappa shape index (κ2) is 4.90. The van der Waals surface area contributed by atoms with E-state index in [2.05, 4.69) is 15.4 Å². The van der Waals surface area contributed by atoms with Crippen LogP contribution in [0.1, 0.15) is 0 Å². The smallest absolute Gasteiger partial charge is 0.180 e. The number of benzene rings is 1. The maximum atomic E-state index is 6.05. The molecule has 0 amide bonds. The molecule has 3 rings (SSSR count). The Hall–Kier alpha value is -2.47. The number of aromatic nitrogens is 3. The van der Waals surface area contributed by atoms with Gasteiger partial charge in [0.2, 0.25) is 0 Å².